The van der Waals surface area contributed by atoms with Gasteiger partial charge in [0, 0.05) is 17.8 Å². The molecule has 0 unspecified atom stereocenters. The Hall–Kier alpha value is -0.980. The van der Waals surface area contributed by atoms with E-state index in [2.05, 4.69) is 49.9 Å². The van der Waals surface area contributed by atoms with Crippen LogP contribution >= 0.6 is 0 Å². The average Bonchev–Trinajstić information content (AvgIpc) is 2.17. The van der Waals surface area contributed by atoms with E-state index in [0.717, 1.165) is 0 Å². The second-order valence-corrected chi connectivity index (χ2v) is 5.76. The van der Waals surface area contributed by atoms with Crippen molar-refractivity contribution in [1.29, 1.82) is 0 Å². The summed E-state index contributed by atoms with van der Waals surface area (Å²) in [5, 5.41) is 0. The first-order chi connectivity index (χ1) is 7.59. The summed E-state index contributed by atoms with van der Waals surface area (Å²) in [7, 11) is 0. The summed E-state index contributed by atoms with van der Waals surface area (Å²) in [5.74, 6) is 0. The topological polar surface area (TPSA) is 3.24 Å². The molecule has 0 aliphatic carbocycles. The van der Waals surface area contributed by atoms with Crippen LogP contribution in [0.3, 0.4) is 0 Å². The maximum atomic E-state index is 2.57. The van der Waals surface area contributed by atoms with Gasteiger partial charge in [0.2, 0.25) is 0 Å². The number of benzene rings is 1. The molecule has 0 bridgehead atoms. The zero-order valence-electron chi connectivity index (χ0n) is 10.8. The molecule has 0 aromatic heterocycles. The Labute approximate surface area is 99.5 Å². The van der Waals surface area contributed by atoms with E-state index in [4.69, 9.17) is 0 Å². The minimum Gasteiger partial charge on any atom is -0.366 e. The lowest BCUT2D eigenvalue weighted by Gasteiger charge is -2.40. The lowest BCUT2D eigenvalue weighted by molar-refractivity contribution is 0.480. The van der Waals surface area contributed by atoms with E-state index in [0.29, 0.717) is 0 Å². The van der Waals surface area contributed by atoms with Crippen LogP contribution in [0.1, 0.15) is 45.6 Å². The summed E-state index contributed by atoms with van der Waals surface area (Å²) in [6.45, 7) is 8.13. The molecule has 16 heavy (non-hydrogen) atoms. The fourth-order valence-corrected chi connectivity index (χ4v) is 2.56. The van der Waals surface area contributed by atoms with Crippen molar-refractivity contribution in [3.63, 3.8) is 0 Å². The lowest BCUT2D eigenvalue weighted by atomic mass is 9.96. The van der Waals surface area contributed by atoms with Gasteiger partial charge in [-0.25, -0.2) is 0 Å². The Kier molecular flexibility index (Phi) is 3.22. The predicted molar refractivity (Wildman–Crippen MR) is 71.1 cm³/mol. The molecule has 0 amide bonds. The lowest BCUT2D eigenvalue weighted by Crippen LogP contribution is -2.43. The minimum absolute atomic E-state index is 0.230. The van der Waals surface area contributed by atoms with Crippen LogP contribution in [0.2, 0.25) is 0 Å². The Morgan fingerprint density at radius 1 is 1.00 bits per heavy atom. The molecule has 1 heteroatoms. The first kappa shape index (κ1) is 11.5. The molecular weight excluding hydrogens is 194 g/mol. The van der Waals surface area contributed by atoms with Gasteiger partial charge in [0.1, 0.15) is 0 Å². The Balaban J connectivity index is 2.39. The highest BCUT2D eigenvalue weighted by Crippen LogP contribution is 2.30. The number of aryl methyl sites for hydroxylation is 1. The van der Waals surface area contributed by atoms with Crippen LogP contribution in [-0.4, -0.2) is 12.1 Å². The van der Waals surface area contributed by atoms with Gasteiger partial charge in [-0.1, -0.05) is 24.6 Å². The number of hydrogen-bond donors (Lipinski definition) is 0. The number of hydrogen-bond acceptors (Lipinski definition) is 1. The standard InChI is InChI=1S/C15H23N/c1-15(2,3)16-12-8-4-5-9-13-10-6-7-11-14(13)16/h6-7,10-11H,4-5,8-9,12H2,1-3H3. The molecule has 0 saturated carbocycles. The van der Waals surface area contributed by atoms with Crippen molar-refractivity contribution in [3.8, 4) is 0 Å². The summed E-state index contributed by atoms with van der Waals surface area (Å²) in [4.78, 5) is 2.57. The van der Waals surface area contributed by atoms with Gasteiger partial charge >= 0.3 is 0 Å². The van der Waals surface area contributed by atoms with Crippen molar-refractivity contribution in [3.05, 3.63) is 29.8 Å². The van der Waals surface area contributed by atoms with Gasteiger partial charge in [-0.05, 0) is 51.7 Å². The van der Waals surface area contributed by atoms with Crippen molar-refractivity contribution in [2.75, 3.05) is 11.4 Å². The second kappa shape index (κ2) is 4.48. The fourth-order valence-electron chi connectivity index (χ4n) is 2.56. The Bertz CT molecular complexity index is 349. The highest BCUT2D eigenvalue weighted by Gasteiger charge is 2.23. The normalized spacial score (nSPS) is 17.6. The number of rotatable bonds is 0. The molecule has 0 radical (unpaired) electrons. The van der Waals surface area contributed by atoms with Crippen LogP contribution in [0, 0.1) is 0 Å². The second-order valence-electron chi connectivity index (χ2n) is 5.76. The third-order valence-corrected chi connectivity index (χ3v) is 3.42. The van der Waals surface area contributed by atoms with Crippen LogP contribution in [0.4, 0.5) is 5.69 Å². The van der Waals surface area contributed by atoms with E-state index in [1.54, 1.807) is 0 Å². The summed E-state index contributed by atoms with van der Waals surface area (Å²) >= 11 is 0. The first-order valence-electron chi connectivity index (χ1n) is 6.44. The number of fused-ring (bicyclic) bond motifs is 1. The largest absolute Gasteiger partial charge is 0.366 e. The van der Waals surface area contributed by atoms with Crippen LogP contribution < -0.4 is 4.90 Å². The molecule has 1 aromatic rings. The molecule has 0 atom stereocenters. The number of anilines is 1. The zero-order valence-corrected chi connectivity index (χ0v) is 10.8. The quantitative estimate of drug-likeness (QED) is 0.634. The smallest absolute Gasteiger partial charge is 0.0403 e. The van der Waals surface area contributed by atoms with Gasteiger partial charge in [-0.3, -0.25) is 0 Å². The van der Waals surface area contributed by atoms with Crippen molar-refractivity contribution in [2.24, 2.45) is 0 Å². The van der Waals surface area contributed by atoms with E-state index < -0.39 is 0 Å². The molecule has 0 fully saturated rings. The van der Waals surface area contributed by atoms with Gasteiger partial charge in [0.05, 0.1) is 0 Å². The summed E-state index contributed by atoms with van der Waals surface area (Å²) < 4.78 is 0. The average molecular weight is 217 g/mol. The predicted octanol–water partition coefficient (Wildman–Crippen LogP) is 4.02. The first-order valence-corrected chi connectivity index (χ1v) is 6.44. The molecule has 1 heterocycles. The van der Waals surface area contributed by atoms with Crippen LogP contribution in [0.5, 0.6) is 0 Å². The molecule has 1 aliphatic rings. The van der Waals surface area contributed by atoms with Gasteiger partial charge in [-0.2, -0.15) is 0 Å². The summed E-state index contributed by atoms with van der Waals surface area (Å²) in [6, 6.07) is 8.91. The minimum atomic E-state index is 0.230. The maximum Gasteiger partial charge on any atom is 0.0403 e. The fraction of sp³-hybridized carbons (Fsp3) is 0.600. The molecule has 1 aromatic carbocycles. The molecule has 0 spiro atoms. The molecule has 0 N–H and O–H groups in total. The summed E-state index contributed by atoms with van der Waals surface area (Å²) in [6.07, 6.45) is 5.27. The van der Waals surface area contributed by atoms with Gasteiger partial charge in [0.15, 0.2) is 0 Å². The van der Waals surface area contributed by atoms with E-state index in [1.807, 2.05) is 0 Å². The third-order valence-electron chi connectivity index (χ3n) is 3.42. The van der Waals surface area contributed by atoms with Gasteiger partial charge in [-0.15, -0.1) is 0 Å². The monoisotopic (exact) mass is 217 g/mol. The Morgan fingerprint density at radius 3 is 2.50 bits per heavy atom. The molecule has 0 saturated heterocycles. The Morgan fingerprint density at radius 2 is 1.75 bits per heavy atom. The van der Waals surface area contributed by atoms with Gasteiger partial charge < -0.3 is 4.90 Å². The van der Waals surface area contributed by atoms with E-state index in [1.165, 1.54) is 43.5 Å². The zero-order chi connectivity index (χ0) is 11.6. The van der Waals surface area contributed by atoms with Gasteiger partial charge in [0.25, 0.3) is 0 Å². The van der Waals surface area contributed by atoms with Crippen LogP contribution in [0.25, 0.3) is 0 Å². The van der Waals surface area contributed by atoms with Crippen molar-refractivity contribution in [2.45, 2.75) is 52.0 Å². The van der Waals surface area contributed by atoms with E-state index in [-0.39, 0.29) is 5.54 Å². The van der Waals surface area contributed by atoms with Crippen LogP contribution in [-0.2, 0) is 6.42 Å². The maximum absolute atomic E-state index is 2.57. The molecule has 88 valence electrons. The van der Waals surface area contributed by atoms with E-state index >= 15 is 0 Å². The summed E-state index contributed by atoms with van der Waals surface area (Å²) in [5.41, 5.74) is 3.21. The molecule has 2 rings (SSSR count). The highest BCUT2D eigenvalue weighted by molar-refractivity contribution is 5.55. The van der Waals surface area contributed by atoms with Crippen molar-refractivity contribution < 1.29 is 0 Å². The molecular formula is C15H23N. The molecule has 1 aliphatic heterocycles. The third kappa shape index (κ3) is 2.40. The SMILES string of the molecule is CC(C)(C)N1CCCCCc2ccccc21. The highest BCUT2D eigenvalue weighted by atomic mass is 15.2. The van der Waals surface area contributed by atoms with E-state index in [9.17, 15) is 0 Å². The van der Waals surface area contributed by atoms with Crippen molar-refractivity contribution >= 4 is 5.69 Å². The molecule has 1 nitrogen and oxygen atoms in total. The number of para-hydroxylation sites is 1. The van der Waals surface area contributed by atoms with Crippen molar-refractivity contribution in [1.82, 2.24) is 0 Å². The number of nitrogens with zero attached hydrogens (tertiary/aromatic N) is 1. The van der Waals surface area contributed by atoms with Crippen LogP contribution in [0.15, 0.2) is 24.3 Å².